The fourth-order valence-corrected chi connectivity index (χ4v) is 1.25. The number of ether oxygens (including phenoxy) is 2. The van der Waals surface area contributed by atoms with E-state index >= 15 is 0 Å². The predicted octanol–water partition coefficient (Wildman–Crippen LogP) is 2.29. The first kappa shape index (κ1) is 13.3. The molecule has 1 aromatic heterocycles. The number of aromatic nitrogens is 1. The molecule has 7 heteroatoms. The van der Waals surface area contributed by atoms with Crippen LogP contribution in [0, 0.1) is 0 Å². The molecule has 0 amide bonds. The largest absolute Gasteiger partial charge is 0.494 e. The van der Waals surface area contributed by atoms with Crippen LogP contribution in [0.15, 0.2) is 12.4 Å². The molecule has 0 aliphatic carbocycles. The van der Waals surface area contributed by atoms with Gasteiger partial charge >= 0.3 is 12.1 Å². The van der Waals surface area contributed by atoms with E-state index in [1.807, 2.05) is 0 Å². The van der Waals surface area contributed by atoms with Crippen molar-refractivity contribution in [2.75, 3.05) is 13.7 Å². The zero-order valence-electron chi connectivity index (χ0n) is 9.17. The van der Waals surface area contributed by atoms with Crippen LogP contribution < -0.4 is 4.74 Å². The molecule has 0 bridgehead atoms. The molecule has 4 nitrogen and oxygen atoms in total. The number of hydrogen-bond donors (Lipinski definition) is 0. The Balaban J connectivity index is 3.35. The summed E-state index contributed by atoms with van der Waals surface area (Å²) in [5.41, 5.74) is -1.83. The molecule has 0 atom stereocenters. The maximum absolute atomic E-state index is 12.8. The van der Waals surface area contributed by atoms with Gasteiger partial charge in [0.25, 0.3) is 0 Å². The van der Waals surface area contributed by atoms with E-state index in [0.717, 1.165) is 19.5 Å². The topological polar surface area (TPSA) is 48.4 Å². The Morgan fingerprint density at radius 2 is 2.06 bits per heavy atom. The van der Waals surface area contributed by atoms with Gasteiger partial charge in [0.15, 0.2) is 0 Å². The molecule has 1 rings (SSSR count). The lowest BCUT2D eigenvalue weighted by Crippen LogP contribution is -2.17. The second-order valence-electron chi connectivity index (χ2n) is 2.98. The van der Waals surface area contributed by atoms with Crippen LogP contribution in [0.25, 0.3) is 0 Å². The summed E-state index contributed by atoms with van der Waals surface area (Å²) in [4.78, 5) is 14.9. The van der Waals surface area contributed by atoms with Gasteiger partial charge in [-0.15, -0.1) is 0 Å². The Kier molecular flexibility index (Phi) is 3.93. The standard InChI is InChI=1S/C10H10F3NO3/c1-3-17-9(15)6-4-14-5-7(16-2)8(6)10(11,12)13/h4-5H,3H2,1-2H3. The smallest absolute Gasteiger partial charge is 0.420 e. The summed E-state index contributed by atoms with van der Waals surface area (Å²) in [7, 11) is 1.07. The van der Waals surface area contributed by atoms with Crippen LogP contribution in [0.2, 0.25) is 0 Å². The maximum Gasteiger partial charge on any atom is 0.420 e. The summed E-state index contributed by atoms with van der Waals surface area (Å²) >= 11 is 0. The number of carbonyl (C=O) groups is 1. The number of pyridine rings is 1. The Morgan fingerprint density at radius 1 is 1.41 bits per heavy atom. The molecular weight excluding hydrogens is 239 g/mol. The lowest BCUT2D eigenvalue weighted by atomic mass is 10.1. The van der Waals surface area contributed by atoms with E-state index in [0.29, 0.717) is 0 Å². The number of rotatable bonds is 3. The molecule has 0 fully saturated rings. The molecule has 0 aliphatic heterocycles. The number of hydrogen-bond acceptors (Lipinski definition) is 4. The highest BCUT2D eigenvalue weighted by atomic mass is 19.4. The molecule has 0 aliphatic rings. The molecule has 0 saturated carbocycles. The molecule has 0 saturated heterocycles. The highest BCUT2D eigenvalue weighted by Crippen LogP contribution is 2.38. The highest BCUT2D eigenvalue weighted by Gasteiger charge is 2.39. The summed E-state index contributed by atoms with van der Waals surface area (Å²) in [6.45, 7) is 1.48. The first-order chi connectivity index (χ1) is 7.91. The van der Waals surface area contributed by atoms with E-state index in [1.165, 1.54) is 6.92 Å². The SMILES string of the molecule is CCOC(=O)c1cncc(OC)c1C(F)(F)F. The normalized spacial score (nSPS) is 11.1. The minimum absolute atomic E-state index is 0.0205. The molecule has 0 N–H and O–H groups in total. The maximum atomic E-state index is 12.8. The van der Waals surface area contributed by atoms with Crippen molar-refractivity contribution in [2.24, 2.45) is 0 Å². The molecule has 94 valence electrons. The fraction of sp³-hybridized carbons (Fsp3) is 0.400. The monoisotopic (exact) mass is 249 g/mol. The van der Waals surface area contributed by atoms with Crippen molar-refractivity contribution in [3.05, 3.63) is 23.5 Å². The molecule has 0 radical (unpaired) electrons. The van der Waals surface area contributed by atoms with Crippen LogP contribution in [0.4, 0.5) is 13.2 Å². The van der Waals surface area contributed by atoms with Crippen LogP contribution in [-0.2, 0) is 10.9 Å². The van der Waals surface area contributed by atoms with Gasteiger partial charge in [-0.05, 0) is 6.92 Å². The third kappa shape index (κ3) is 2.86. The van der Waals surface area contributed by atoms with E-state index in [9.17, 15) is 18.0 Å². The van der Waals surface area contributed by atoms with E-state index in [4.69, 9.17) is 0 Å². The minimum Gasteiger partial charge on any atom is -0.494 e. The third-order valence-corrected chi connectivity index (χ3v) is 1.91. The zero-order chi connectivity index (χ0) is 13.1. The first-order valence-electron chi connectivity index (χ1n) is 4.68. The van der Waals surface area contributed by atoms with Gasteiger partial charge in [0.05, 0.1) is 25.5 Å². The first-order valence-corrected chi connectivity index (χ1v) is 4.68. The van der Waals surface area contributed by atoms with Gasteiger partial charge in [0.1, 0.15) is 11.3 Å². The van der Waals surface area contributed by atoms with Crippen LogP contribution in [0.5, 0.6) is 5.75 Å². The number of nitrogens with zero attached hydrogens (tertiary/aromatic N) is 1. The lowest BCUT2D eigenvalue weighted by Gasteiger charge is -2.14. The van der Waals surface area contributed by atoms with Crippen molar-refractivity contribution < 1.29 is 27.4 Å². The average Bonchev–Trinajstić information content (AvgIpc) is 2.27. The second-order valence-corrected chi connectivity index (χ2v) is 2.98. The van der Waals surface area contributed by atoms with E-state index in [2.05, 4.69) is 14.5 Å². The zero-order valence-corrected chi connectivity index (χ0v) is 9.17. The molecule has 0 unspecified atom stereocenters. The highest BCUT2D eigenvalue weighted by molar-refractivity contribution is 5.91. The fourth-order valence-electron chi connectivity index (χ4n) is 1.25. The summed E-state index contributed by atoms with van der Waals surface area (Å²) in [5.74, 6) is -1.59. The summed E-state index contributed by atoms with van der Waals surface area (Å²) in [5, 5.41) is 0. The Hall–Kier alpha value is -1.79. The van der Waals surface area contributed by atoms with Gasteiger partial charge in [0, 0.05) is 6.20 Å². The van der Waals surface area contributed by atoms with Crippen molar-refractivity contribution in [1.82, 2.24) is 4.98 Å². The Labute approximate surface area is 95.4 Å². The van der Waals surface area contributed by atoms with Crippen molar-refractivity contribution >= 4 is 5.97 Å². The van der Waals surface area contributed by atoms with Crippen LogP contribution in [0.3, 0.4) is 0 Å². The molecule has 0 aromatic carbocycles. The lowest BCUT2D eigenvalue weighted by molar-refractivity contribution is -0.139. The second kappa shape index (κ2) is 5.03. The average molecular weight is 249 g/mol. The molecular formula is C10H10F3NO3. The third-order valence-electron chi connectivity index (χ3n) is 1.91. The minimum atomic E-state index is -4.71. The van der Waals surface area contributed by atoms with Crippen molar-refractivity contribution in [3.8, 4) is 5.75 Å². The van der Waals surface area contributed by atoms with Crippen LogP contribution >= 0.6 is 0 Å². The van der Waals surface area contributed by atoms with Crippen molar-refractivity contribution in [1.29, 1.82) is 0 Å². The van der Waals surface area contributed by atoms with Gasteiger partial charge in [-0.1, -0.05) is 0 Å². The Bertz CT molecular complexity index is 418. The Morgan fingerprint density at radius 3 is 2.53 bits per heavy atom. The number of carbonyl (C=O) groups excluding carboxylic acids is 1. The van der Waals surface area contributed by atoms with Gasteiger partial charge < -0.3 is 9.47 Å². The summed E-state index contributed by atoms with van der Waals surface area (Å²) in [6, 6.07) is 0. The molecule has 1 aromatic rings. The number of esters is 1. The number of halogens is 3. The van der Waals surface area contributed by atoms with Gasteiger partial charge in [-0.2, -0.15) is 13.2 Å². The van der Waals surface area contributed by atoms with Gasteiger partial charge in [0.2, 0.25) is 0 Å². The molecule has 0 spiro atoms. The summed E-state index contributed by atoms with van der Waals surface area (Å²) < 4.78 is 47.4. The molecule has 17 heavy (non-hydrogen) atoms. The van der Waals surface area contributed by atoms with Gasteiger partial charge in [-0.25, -0.2) is 4.79 Å². The van der Waals surface area contributed by atoms with E-state index in [1.54, 1.807) is 0 Å². The van der Waals surface area contributed by atoms with Gasteiger partial charge in [-0.3, -0.25) is 4.98 Å². The van der Waals surface area contributed by atoms with Crippen molar-refractivity contribution in [2.45, 2.75) is 13.1 Å². The van der Waals surface area contributed by atoms with E-state index in [-0.39, 0.29) is 6.61 Å². The van der Waals surface area contributed by atoms with Crippen LogP contribution in [0.1, 0.15) is 22.8 Å². The van der Waals surface area contributed by atoms with E-state index < -0.39 is 29.0 Å². The van der Waals surface area contributed by atoms with Crippen molar-refractivity contribution in [3.63, 3.8) is 0 Å². The number of alkyl halides is 3. The van der Waals surface area contributed by atoms with Crippen LogP contribution in [-0.4, -0.2) is 24.7 Å². The number of methoxy groups -OCH3 is 1. The summed E-state index contributed by atoms with van der Waals surface area (Å²) in [6.07, 6.45) is -3.01. The molecule has 1 heterocycles. The quantitative estimate of drug-likeness (QED) is 0.771. The predicted molar refractivity (Wildman–Crippen MR) is 51.7 cm³/mol.